The van der Waals surface area contributed by atoms with Gasteiger partial charge < -0.3 is 9.80 Å². The van der Waals surface area contributed by atoms with E-state index < -0.39 is 30.7 Å². The number of hydrogen-bond acceptors (Lipinski definition) is 4. The van der Waals surface area contributed by atoms with Crippen LogP contribution >= 0.6 is 23.2 Å². The molecule has 3 aliphatic rings. The van der Waals surface area contributed by atoms with Crippen molar-refractivity contribution in [1.82, 2.24) is 9.80 Å². The van der Waals surface area contributed by atoms with Crippen LogP contribution in [0.25, 0.3) is 0 Å². The van der Waals surface area contributed by atoms with E-state index in [0.717, 1.165) is 0 Å². The summed E-state index contributed by atoms with van der Waals surface area (Å²) in [4.78, 5) is 27.4. The number of likely N-dealkylation sites (N-methyl/N-ethyl adjacent to an activating group) is 1. The van der Waals surface area contributed by atoms with E-state index in [1.165, 1.54) is 4.90 Å². The van der Waals surface area contributed by atoms with E-state index in [9.17, 15) is 14.9 Å². The van der Waals surface area contributed by atoms with Gasteiger partial charge in [-0.2, -0.15) is 5.26 Å². The Morgan fingerprint density at radius 3 is 2.50 bits per heavy atom. The molecule has 3 fully saturated rings. The van der Waals surface area contributed by atoms with Gasteiger partial charge in [-0.05, 0) is 42.7 Å². The van der Waals surface area contributed by atoms with E-state index in [1.807, 2.05) is 0 Å². The Kier molecular flexibility index (Phi) is 3.63. The minimum atomic E-state index is -1.14. The summed E-state index contributed by atoms with van der Waals surface area (Å²) in [6.45, 7) is 3.50. The normalized spacial score (nSPS) is 40.9. The predicted molar refractivity (Wildman–Crippen MR) is 103 cm³/mol. The molecule has 5 atom stereocenters. The molecule has 9 heteroatoms. The highest BCUT2D eigenvalue weighted by atomic mass is 35.5. The van der Waals surface area contributed by atoms with Crippen molar-refractivity contribution in [2.45, 2.75) is 36.1 Å². The third kappa shape index (κ3) is 1.74. The van der Waals surface area contributed by atoms with E-state index in [-0.39, 0.29) is 18.2 Å². The number of nitrogens with zero attached hydrogens (tertiary/aromatic N) is 3. The van der Waals surface area contributed by atoms with Gasteiger partial charge in [0.15, 0.2) is 9.74 Å². The summed E-state index contributed by atoms with van der Waals surface area (Å²) in [6, 6.07) is 6.80. The number of carbonyl (C=O) groups excluding carboxylic acids is 2. The standard InChI is InChI=1S/C17H15Cl2N3O2S2/c1-15(8-20)7-17-14(24)21(3)16(2,26(17)25)13(23)22(17)12(15)9-4-5-10(18)11(19)6-9/h4-6,12H,7H2,1-3H3/t12?,15-,16+,17+,26?/m1/s1. The average molecular weight is 428 g/mol. The van der Waals surface area contributed by atoms with Gasteiger partial charge in [-0.3, -0.25) is 9.59 Å². The van der Waals surface area contributed by atoms with Crippen molar-refractivity contribution >= 4 is 55.7 Å². The second-order valence-electron chi connectivity index (χ2n) is 7.36. The minimum Gasteiger partial charge on any atom is -0.320 e. The summed E-state index contributed by atoms with van der Waals surface area (Å²) in [5.41, 5.74) is -0.272. The van der Waals surface area contributed by atoms with Gasteiger partial charge in [-0.1, -0.05) is 38.7 Å². The number of amides is 2. The molecule has 0 N–H and O–H groups in total. The van der Waals surface area contributed by atoms with Crippen molar-refractivity contribution in [2.24, 2.45) is 5.41 Å². The maximum absolute atomic E-state index is 13.4. The van der Waals surface area contributed by atoms with Gasteiger partial charge in [0.1, 0.15) is 0 Å². The molecule has 3 saturated heterocycles. The van der Waals surface area contributed by atoms with Gasteiger partial charge in [0.25, 0.3) is 11.8 Å². The first-order valence-electron chi connectivity index (χ1n) is 7.96. The van der Waals surface area contributed by atoms with Crippen LogP contribution in [-0.2, 0) is 30.2 Å². The van der Waals surface area contributed by atoms with Crippen molar-refractivity contribution in [3.05, 3.63) is 33.8 Å². The Bertz CT molecular complexity index is 964. The highest BCUT2D eigenvalue weighted by Crippen LogP contribution is 2.65. The first-order chi connectivity index (χ1) is 12.1. The zero-order chi connectivity index (χ0) is 19.2. The summed E-state index contributed by atoms with van der Waals surface area (Å²) in [5.74, 6) is -0.380. The van der Waals surface area contributed by atoms with Crippen molar-refractivity contribution in [3.63, 3.8) is 0 Å². The van der Waals surface area contributed by atoms with Gasteiger partial charge >= 0.3 is 0 Å². The number of carbonyl (C=O) groups is 2. The Morgan fingerprint density at radius 2 is 1.92 bits per heavy atom. The van der Waals surface area contributed by atoms with E-state index in [4.69, 9.17) is 34.4 Å². The lowest BCUT2D eigenvalue weighted by atomic mass is 9.79. The lowest BCUT2D eigenvalue weighted by Crippen LogP contribution is -2.60. The van der Waals surface area contributed by atoms with Crippen LogP contribution in [0.15, 0.2) is 18.2 Å². The molecule has 0 radical (unpaired) electrons. The van der Waals surface area contributed by atoms with Crippen LogP contribution in [0.4, 0.5) is 0 Å². The number of fused-ring (bicyclic) bond motifs is 1. The number of piperazine rings is 1. The molecule has 0 saturated carbocycles. The number of benzene rings is 1. The number of halogens is 2. The van der Waals surface area contributed by atoms with Crippen LogP contribution in [0.5, 0.6) is 0 Å². The molecule has 5 nitrogen and oxygen atoms in total. The Morgan fingerprint density at radius 1 is 1.27 bits per heavy atom. The molecule has 2 unspecified atom stereocenters. The van der Waals surface area contributed by atoms with Crippen LogP contribution < -0.4 is 0 Å². The largest absolute Gasteiger partial charge is 0.320 e. The van der Waals surface area contributed by atoms with Gasteiger partial charge in [0.05, 0.1) is 27.6 Å². The average Bonchev–Trinajstić information content (AvgIpc) is 3.03. The molecule has 3 aliphatic heterocycles. The predicted octanol–water partition coefficient (Wildman–Crippen LogP) is 2.77. The van der Waals surface area contributed by atoms with Gasteiger partial charge in [-0.25, -0.2) is 0 Å². The number of hydrogen-bond donors (Lipinski definition) is 0. The van der Waals surface area contributed by atoms with Gasteiger partial charge in [0.2, 0.25) is 0 Å². The van der Waals surface area contributed by atoms with Crippen molar-refractivity contribution < 1.29 is 9.59 Å². The summed E-state index contributed by atoms with van der Waals surface area (Å²) in [7, 11) is 0.660. The fraction of sp³-hybridized carbons (Fsp3) is 0.471. The van der Waals surface area contributed by atoms with Crippen LogP contribution in [0.2, 0.25) is 10.0 Å². The second-order valence-corrected chi connectivity index (χ2v) is 11.2. The van der Waals surface area contributed by atoms with Crippen LogP contribution in [0.3, 0.4) is 0 Å². The fourth-order valence-electron chi connectivity index (χ4n) is 4.52. The zero-order valence-corrected chi connectivity index (χ0v) is 17.4. The molecule has 1 aromatic carbocycles. The first kappa shape index (κ1) is 18.2. The monoisotopic (exact) mass is 427 g/mol. The van der Waals surface area contributed by atoms with Crippen LogP contribution in [-0.4, -0.2) is 38.4 Å². The lowest BCUT2D eigenvalue weighted by Gasteiger charge is -2.40. The lowest BCUT2D eigenvalue weighted by molar-refractivity contribution is -0.159. The molecule has 3 heterocycles. The highest BCUT2D eigenvalue weighted by molar-refractivity contribution is 8.31. The molecule has 2 amide bonds. The van der Waals surface area contributed by atoms with Crippen LogP contribution in [0.1, 0.15) is 31.9 Å². The Balaban J connectivity index is 1.98. The van der Waals surface area contributed by atoms with Crippen LogP contribution in [0, 0.1) is 16.7 Å². The zero-order valence-electron chi connectivity index (χ0n) is 14.2. The number of rotatable bonds is 1. The van der Waals surface area contributed by atoms with Gasteiger partial charge in [-0.15, -0.1) is 0 Å². The molecular weight excluding hydrogens is 413 g/mol. The molecule has 0 aromatic heterocycles. The molecule has 2 bridgehead atoms. The third-order valence-corrected chi connectivity index (χ3v) is 10.8. The van der Waals surface area contributed by atoms with E-state index in [2.05, 4.69) is 6.07 Å². The van der Waals surface area contributed by atoms with E-state index >= 15 is 0 Å². The molecule has 1 spiro atoms. The quantitative estimate of drug-likeness (QED) is 0.690. The summed E-state index contributed by atoms with van der Waals surface area (Å²) in [5, 5.41) is 10.7. The topological polar surface area (TPSA) is 64.4 Å². The first-order valence-corrected chi connectivity index (χ1v) is 10.9. The fourth-order valence-corrected chi connectivity index (χ4v) is 8.35. The van der Waals surface area contributed by atoms with Crippen molar-refractivity contribution in [1.29, 1.82) is 5.26 Å². The summed E-state index contributed by atoms with van der Waals surface area (Å²) in [6.07, 6.45) is 0.221. The third-order valence-electron chi connectivity index (χ3n) is 5.93. The van der Waals surface area contributed by atoms with E-state index in [1.54, 1.807) is 44.0 Å². The van der Waals surface area contributed by atoms with Crippen molar-refractivity contribution in [2.75, 3.05) is 7.05 Å². The van der Waals surface area contributed by atoms with Gasteiger partial charge in [0, 0.05) is 13.5 Å². The smallest absolute Gasteiger partial charge is 0.261 e. The number of nitriles is 1. The summed E-state index contributed by atoms with van der Waals surface area (Å²) < 4.78 is 0. The summed E-state index contributed by atoms with van der Waals surface area (Å²) >= 11 is 17.9. The minimum absolute atomic E-state index is 0.179. The second kappa shape index (κ2) is 5.20. The van der Waals surface area contributed by atoms with E-state index in [0.29, 0.717) is 15.6 Å². The van der Waals surface area contributed by atoms with Crippen molar-refractivity contribution in [3.8, 4) is 6.07 Å². The molecule has 1 aromatic rings. The SMILES string of the molecule is CN1C(=O)[C@@]23C[C@](C)(C#N)C(c4ccc(Cl)c(Cl)c4)N2C(=O)[C@]1(C)S3=S. The Hall–Kier alpha value is -1.20. The molecule has 26 heavy (non-hydrogen) atoms. The molecular formula is C17H15Cl2N3O2S2. The Labute approximate surface area is 168 Å². The maximum atomic E-state index is 13.4. The molecule has 136 valence electrons. The maximum Gasteiger partial charge on any atom is 0.261 e. The molecule has 4 rings (SSSR count). The molecule has 0 aliphatic carbocycles. The highest BCUT2D eigenvalue weighted by Gasteiger charge is 2.80.